The third-order valence-electron chi connectivity index (χ3n) is 10.2. The Kier molecular flexibility index (Phi) is 9.09. The fraction of sp³-hybridized carbons (Fsp3) is 0.200. The van der Waals surface area contributed by atoms with Crippen molar-refractivity contribution in [2.24, 2.45) is 0 Å². The van der Waals surface area contributed by atoms with Crippen molar-refractivity contribution in [3.63, 3.8) is 0 Å². The summed E-state index contributed by atoms with van der Waals surface area (Å²) < 4.78 is 6.54. The molecule has 0 spiro atoms. The van der Waals surface area contributed by atoms with Crippen molar-refractivity contribution < 1.29 is 4.74 Å². The monoisotopic (exact) mass is 643 g/mol. The van der Waals surface area contributed by atoms with Gasteiger partial charge in [0.15, 0.2) is 0 Å². The SMILES string of the molecule is CC(NC(c1ccccc1)N(C)C(C)c1ccc(Oc2ccc3c(c2)C(C)(C)c2ccccc2N3c2ccccc2)cc1)c1ccccc1. The van der Waals surface area contributed by atoms with E-state index in [1.807, 2.05) is 0 Å². The normalized spacial score (nSPS) is 15.2. The average molecular weight is 644 g/mol. The molecule has 0 bridgehead atoms. The molecule has 3 atom stereocenters. The molecule has 49 heavy (non-hydrogen) atoms. The molecule has 0 aliphatic carbocycles. The summed E-state index contributed by atoms with van der Waals surface area (Å²) in [6.45, 7) is 9.11. The van der Waals surface area contributed by atoms with Crippen LogP contribution in [0.1, 0.15) is 73.8 Å². The number of nitrogens with zero attached hydrogens (tertiary/aromatic N) is 2. The molecule has 7 rings (SSSR count). The number of benzene rings is 6. The van der Waals surface area contributed by atoms with Crippen LogP contribution >= 0.6 is 0 Å². The van der Waals surface area contributed by atoms with Crippen LogP contribution in [0.3, 0.4) is 0 Å². The highest BCUT2D eigenvalue weighted by atomic mass is 16.5. The number of hydrogen-bond acceptors (Lipinski definition) is 4. The number of rotatable bonds is 10. The molecule has 0 saturated heterocycles. The minimum absolute atomic E-state index is 0.0294. The number of nitrogens with one attached hydrogen (secondary N) is 1. The number of hydrogen-bond donors (Lipinski definition) is 1. The second-order valence-electron chi connectivity index (χ2n) is 13.6. The van der Waals surface area contributed by atoms with Crippen LogP contribution in [-0.4, -0.2) is 11.9 Å². The van der Waals surface area contributed by atoms with Crippen LogP contribution in [0.25, 0.3) is 0 Å². The second kappa shape index (κ2) is 13.8. The largest absolute Gasteiger partial charge is 0.457 e. The molecule has 6 aromatic carbocycles. The Bertz CT molecular complexity index is 1990. The minimum atomic E-state index is -0.193. The molecule has 0 radical (unpaired) electrons. The fourth-order valence-corrected chi connectivity index (χ4v) is 7.17. The number of para-hydroxylation sites is 2. The van der Waals surface area contributed by atoms with Crippen LogP contribution in [0, 0.1) is 0 Å². The van der Waals surface area contributed by atoms with Crippen LogP contribution in [0.4, 0.5) is 17.1 Å². The zero-order valence-electron chi connectivity index (χ0n) is 29.0. The molecule has 1 aliphatic heterocycles. The Labute approximate surface area is 291 Å². The predicted molar refractivity (Wildman–Crippen MR) is 203 cm³/mol. The van der Waals surface area contributed by atoms with Crippen molar-refractivity contribution >= 4 is 17.1 Å². The lowest BCUT2D eigenvalue weighted by molar-refractivity contribution is 0.144. The van der Waals surface area contributed by atoms with Gasteiger partial charge in [0.1, 0.15) is 11.5 Å². The molecule has 6 aromatic rings. The summed E-state index contributed by atoms with van der Waals surface area (Å²) in [7, 11) is 2.20. The van der Waals surface area contributed by atoms with Gasteiger partial charge in [0.2, 0.25) is 0 Å². The van der Waals surface area contributed by atoms with Gasteiger partial charge >= 0.3 is 0 Å². The topological polar surface area (TPSA) is 27.7 Å². The minimum Gasteiger partial charge on any atom is -0.457 e. The smallest absolute Gasteiger partial charge is 0.127 e. The molecule has 1 heterocycles. The van der Waals surface area contributed by atoms with Crippen molar-refractivity contribution in [3.05, 3.63) is 186 Å². The molecule has 4 nitrogen and oxygen atoms in total. The fourth-order valence-electron chi connectivity index (χ4n) is 7.17. The van der Waals surface area contributed by atoms with Gasteiger partial charge in [0.05, 0.1) is 17.5 Å². The van der Waals surface area contributed by atoms with Gasteiger partial charge in [-0.25, -0.2) is 0 Å². The summed E-state index contributed by atoms with van der Waals surface area (Å²) in [5.74, 6) is 1.66. The maximum absolute atomic E-state index is 6.54. The Morgan fingerprint density at radius 1 is 0.571 bits per heavy atom. The summed E-state index contributed by atoms with van der Waals surface area (Å²) in [4.78, 5) is 4.77. The molecule has 246 valence electrons. The first kappa shape index (κ1) is 32.4. The van der Waals surface area contributed by atoms with E-state index >= 15 is 0 Å². The van der Waals surface area contributed by atoms with E-state index in [1.54, 1.807) is 0 Å². The van der Waals surface area contributed by atoms with Gasteiger partial charge in [-0.1, -0.05) is 123 Å². The quantitative estimate of drug-likeness (QED) is 0.150. The third-order valence-corrected chi connectivity index (χ3v) is 10.2. The summed E-state index contributed by atoms with van der Waals surface area (Å²) >= 11 is 0. The second-order valence-corrected chi connectivity index (χ2v) is 13.6. The van der Waals surface area contributed by atoms with E-state index in [9.17, 15) is 0 Å². The highest BCUT2D eigenvalue weighted by Gasteiger charge is 2.37. The molecule has 1 aliphatic rings. The first-order chi connectivity index (χ1) is 23.8. The van der Waals surface area contributed by atoms with E-state index in [-0.39, 0.29) is 23.7 Å². The maximum atomic E-state index is 6.54. The van der Waals surface area contributed by atoms with Crippen LogP contribution in [0.5, 0.6) is 11.5 Å². The summed E-state index contributed by atoms with van der Waals surface area (Å²) in [6.07, 6.45) is 0.0294. The van der Waals surface area contributed by atoms with Gasteiger partial charge in [-0.2, -0.15) is 0 Å². The number of anilines is 3. The molecule has 0 amide bonds. The maximum Gasteiger partial charge on any atom is 0.127 e. The highest BCUT2D eigenvalue weighted by Crippen LogP contribution is 2.52. The summed E-state index contributed by atoms with van der Waals surface area (Å²) in [5, 5.41) is 3.89. The summed E-state index contributed by atoms with van der Waals surface area (Å²) in [6, 6.07) is 56.1. The molecule has 1 N–H and O–H groups in total. The van der Waals surface area contributed by atoms with Gasteiger partial charge < -0.3 is 9.64 Å². The van der Waals surface area contributed by atoms with E-state index in [1.165, 1.54) is 39.2 Å². The van der Waals surface area contributed by atoms with E-state index < -0.39 is 0 Å². The molecule has 3 unspecified atom stereocenters. The lowest BCUT2D eigenvalue weighted by Crippen LogP contribution is -2.38. The van der Waals surface area contributed by atoms with Gasteiger partial charge in [-0.05, 0) is 97.2 Å². The zero-order chi connectivity index (χ0) is 34.0. The van der Waals surface area contributed by atoms with Crippen molar-refractivity contribution in [3.8, 4) is 11.5 Å². The van der Waals surface area contributed by atoms with E-state index in [0.717, 1.165) is 17.2 Å². The molecular formula is C45H45N3O. The number of ether oxygens (including phenoxy) is 1. The average Bonchev–Trinajstić information content (AvgIpc) is 3.15. The summed E-state index contributed by atoms with van der Waals surface area (Å²) in [5.41, 5.74) is 9.63. The van der Waals surface area contributed by atoms with Crippen molar-refractivity contribution in [1.29, 1.82) is 0 Å². The Hall–Kier alpha value is -5.16. The van der Waals surface area contributed by atoms with Gasteiger partial charge in [-0.3, -0.25) is 10.2 Å². The van der Waals surface area contributed by atoms with Crippen LogP contribution in [0.2, 0.25) is 0 Å². The first-order valence-corrected chi connectivity index (χ1v) is 17.3. The van der Waals surface area contributed by atoms with Crippen molar-refractivity contribution in [2.45, 2.75) is 51.4 Å². The van der Waals surface area contributed by atoms with E-state index in [2.05, 4.69) is 208 Å². The Balaban J connectivity index is 1.12. The lowest BCUT2D eigenvalue weighted by Gasteiger charge is -2.42. The predicted octanol–water partition coefficient (Wildman–Crippen LogP) is 11.6. The van der Waals surface area contributed by atoms with E-state index in [4.69, 9.17) is 4.74 Å². The third kappa shape index (κ3) is 6.50. The zero-order valence-corrected chi connectivity index (χ0v) is 29.0. The van der Waals surface area contributed by atoms with Crippen LogP contribution < -0.4 is 15.0 Å². The first-order valence-electron chi connectivity index (χ1n) is 17.3. The molecule has 0 fully saturated rings. The number of fused-ring (bicyclic) bond motifs is 2. The Morgan fingerprint density at radius 3 is 1.80 bits per heavy atom. The van der Waals surface area contributed by atoms with Crippen LogP contribution in [0.15, 0.2) is 158 Å². The molecule has 0 saturated carbocycles. The van der Waals surface area contributed by atoms with Crippen molar-refractivity contribution in [2.75, 3.05) is 11.9 Å². The lowest BCUT2D eigenvalue weighted by atomic mass is 9.73. The highest BCUT2D eigenvalue weighted by molar-refractivity contribution is 5.86. The molecule has 4 heteroatoms. The standard InChI is InChI=1S/C45H45N3O/c1-32(34-17-9-6-10-18-34)46-44(36-19-11-7-12-20-36)47(5)33(2)35-25-27-38(28-26-35)49-39-29-30-43-41(31-39)45(3,4)40-23-15-16-24-42(40)48(43)37-21-13-8-14-22-37/h6-33,44,46H,1-5H3. The van der Waals surface area contributed by atoms with Crippen molar-refractivity contribution in [1.82, 2.24) is 10.2 Å². The van der Waals surface area contributed by atoms with Gasteiger partial charge in [-0.15, -0.1) is 0 Å². The van der Waals surface area contributed by atoms with Gasteiger partial charge in [0.25, 0.3) is 0 Å². The van der Waals surface area contributed by atoms with Gasteiger partial charge in [0, 0.05) is 23.2 Å². The molecular weight excluding hydrogens is 599 g/mol. The molecule has 0 aromatic heterocycles. The Morgan fingerprint density at radius 2 is 1.12 bits per heavy atom. The van der Waals surface area contributed by atoms with Crippen LogP contribution in [-0.2, 0) is 5.41 Å². The van der Waals surface area contributed by atoms with E-state index in [0.29, 0.717) is 0 Å².